The highest BCUT2D eigenvalue weighted by Gasteiger charge is 2.26. The molecule has 15 nitrogen and oxygen atoms in total. The van der Waals surface area contributed by atoms with Gasteiger partial charge in [-0.25, -0.2) is 0 Å². The van der Waals surface area contributed by atoms with Gasteiger partial charge in [-0.3, -0.25) is 24.8 Å². The molecule has 344 valence electrons. The smallest absolute Gasteiger partial charge is 0.312 e. The molecule has 0 atom stereocenters. The minimum absolute atomic E-state index is 0.0294. The summed E-state index contributed by atoms with van der Waals surface area (Å²) in [5.41, 5.74) is -0.937. The number of halogens is 6. The monoisotopic (exact) mass is 1070 g/mol. The van der Waals surface area contributed by atoms with E-state index in [0.29, 0.717) is 31.1 Å². The van der Waals surface area contributed by atoms with Crippen molar-refractivity contribution in [2.75, 3.05) is 53.3 Å². The van der Waals surface area contributed by atoms with Gasteiger partial charge >= 0.3 is 11.4 Å². The van der Waals surface area contributed by atoms with E-state index in [4.69, 9.17) is 79.2 Å². The summed E-state index contributed by atoms with van der Waals surface area (Å²) >= 11 is 33.8. The SMILES string of the molecule is CP(C)(=O)Oc1ccc(Cl)cc1Cl.CP(C)(=O)c1cc(Cl)cc([N+](=O)[O-])c1O.CP(C)(=O)c1cc(Cl)ccc1O.CP(C)(=O)c1cccc([N+](=O)[O-])c1O.Oc1ccc(Cl)cc1Cl. The van der Waals surface area contributed by atoms with E-state index < -0.39 is 61.5 Å². The van der Waals surface area contributed by atoms with Crippen molar-refractivity contribution in [3.63, 3.8) is 0 Å². The van der Waals surface area contributed by atoms with E-state index in [1.807, 2.05) is 0 Å². The molecule has 4 N–H and O–H groups in total. The Bertz CT molecular complexity index is 2650. The van der Waals surface area contributed by atoms with Crippen LogP contribution < -0.4 is 20.4 Å². The lowest BCUT2D eigenvalue weighted by atomic mass is 10.3. The molecule has 0 spiro atoms. The van der Waals surface area contributed by atoms with E-state index in [2.05, 4.69) is 0 Å². The predicted molar refractivity (Wildman–Crippen MR) is 260 cm³/mol. The zero-order valence-corrected chi connectivity index (χ0v) is 42.6. The Balaban J connectivity index is 0.000000397. The summed E-state index contributed by atoms with van der Waals surface area (Å²) in [5.74, 6) is -0.559. The van der Waals surface area contributed by atoms with Crippen LogP contribution in [-0.4, -0.2) is 83.6 Å². The lowest BCUT2D eigenvalue weighted by molar-refractivity contribution is -0.385. The lowest BCUT2D eigenvalue weighted by Crippen LogP contribution is -2.06. The second-order valence-corrected chi connectivity index (χ2v) is 28.9. The van der Waals surface area contributed by atoms with E-state index in [9.17, 15) is 53.8 Å². The molecule has 0 saturated heterocycles. The lowest BCUT2D eigenvalue weighted by Gasteiger charge is -2.11. The van der Waals surface area contributed by atoms with Crippen molar-refractivity contribution >= 4 is 126 Å². The summed E-state index contributed by atoms with van der Waals surface area (Å²) in [4.78, 5) is 19.5. The van der Waals surface area contributed by atoms with Crippen molar-refractivity contribution in [2.45, 2.75) is 0 Å². The molecule has 0 unspecified atom stereocenters. The summed E-state index contributed by atoms with van der Waals surface area (Å²) < 4.78 is 51.4. The number of phenolic OH excluding ortho intramolecular Hbond substituents is 4. The molecular formula is C38H42Cl6N2O13P4. The minimum atomic E-state index is -2.79. The highest BCUT2D eigenvalue weighted by atomic mass is 35.5. The Morgan fingerprint density at radius 1 is 0.476 bits per heavy atom. The Morgan fingerprint density at radius 3 is 1.29 bits per heavy atom. The first kappa shape index (κ1) is 57.6. The molecule has 0 saturated carbocycles. The normalized spacial score (nSPS) is 11.1. The van der Waals surface area contributed by atoms with Gasteiger partial charge in [0.2, 0.25) is 18.9 Å². The molecule has 0 aliphatic rings. The molecule has 0 aliphatic heterocycles. The molecule has 63 heavy (non-hydrogen) atoms. The van der Waals surface area contributed by atoms with Crippen LogP contribution in [-0.2, 0) is 18.3 Å². The van der Waals surface area contributed by atoms with Crippen LogP contribution in [0.15, 0.2) is 84.9 Å². The van der Waals surface area contributed by atoms with Crippen molar-refractivity contribution in [2.24, 2.45) is 0 Å². The molecule has 0 heterocycles. The van der Waals surface area contributed by atoms with Gasteiger partial charge in [-0.15, -0.1) is 0 Å². The van der Waals surface area contributed by atoms with Crippen LogP contribution >= 0.6 is 98.4 Å². The Labute approximate surface area is 393 Å². The number of benzene rings is 5. The van der Waals surface area contributed by atoms with Crippen LogP contribution in [0, 0.1) is 20.2 Å². The molecule has 5 aromatic rings. The second-order valence-electron chi connectivity index (χ2n) is 14.2. The maximum absolute atomic E-state index is 11.7. The number of para-hydroxylation sites is 1. The first-order valence-corrected chi connectivity index (χ1v) is 29.8. The predicted octanol–water partition coefficient (Wildman–Crippen LogP) is 12.7. The van der Waals surface area contributed by atoms with E-state index in [0.717, 1.165) is 6.07 Å². The molecule has 25 heteroatoms. The van der Waals surface area contributed by atoms with Gasteiger partial charge in [0.05, 0.1) is 35.8 Å². The summed E-state index contributed by atoms with van der Waals surface area (Å²) in [6.45, 7) is 12.0. The van der Waals surface area contributed by atoms with Crippen molar-refractivity contribution in [1.82, 2.24) is 0 Å². The zero-order chi connectivity index (χ0) is 49.0. The average molecular weight is 1070 g/mol. The minimum Gasteiger partial charge on any atom is -0.507 e. The number of nitro benzene ring substituents is 2. The molecule has 5 aromatic carbocycles. The maximum atomic E-state index is 11.7. The average Bonchev–Trinajstić information content (AvgIpc) is 3.12. The van der Waals surface area contributed by atoms with Crippen LogP contribution in [0.5, 0.6) is 28.7 Å². The second kappa shape index (κ2) is 24.2. The van der Waals surface area contributed by atoms with Crippen LogP contribution in [0.3, 0.4) is 0 Å². The number of phenols is 4. The van der Waals surface area contributed by atoms with Gasteiger partial charge in [0, 0.05) is 45.6 Å². The number of hydrogen-bond donors (Lipinski definition) is 4. The molecule has 5 rings (SSSR count). The summed E-state index contributed by atoms with van der Waals surface area (Å²) in [5, 5.41) is 61.1. The van der Waals surface area contributed by atoms with Crippen molar-refractivity contribution in [1.29, 1.82) is 0 Å². The van der Waals surface area contributed by atoms with E-state index in [1.54, 1.807) is 43.7 Å². The third-order valence-corrected chi connectivity index (χ3v) is 13.9. The highest BCUT2D eigenvalue weighted by molar-refractivity contribution is 7.71. The first-order valence-electron chi connectivity index (χ1n) is 17.2. The standard InChI is InChI=1S/C8H9Cl2O2P.C8H9ClNO4P.C8H10ClO2P.C8H10NO4P.C6H4Cl2O/c1-13(2,11)12-8-4-3-6(9)5-7(8)10;1-15(2,14)7-4-5(9)3-6(8(7)11)10(12)13;1-12(2,11)8-5-6(9)3-4-7(8)10;1-14(2,13)7-5-3-4-6(8(7)10)9(11)12;7-4-1-2-6(9)5(8)3-4/h3-5H,1-2H3;3-4,11H,1-2H3;3-5,10H,1-2H3;3-5,10H,1-2H3;1-3,9H. The quantitative estimate of drug-likeness (QED) is 0.0674. The van der Waals surface area contributed by atoms with Gasteiger partial charge in [-0.2, -0.15) is 0 Å². The maximum Gasteiger partial charge on any atom is 0.312 e. The van der Waals surface area contributed by atoms with Gasteiger partial charge in [0.15, 0.2) is 0 Å². The van der Waals surface area contributed by atoms with E-state index in [-0.39, 0.29) is 32.2 Å². The summed E-state index contributed by atoms with van der Waals surface area (Å²) in [6, 6.07) is 20.2. The molecular weight excluding hydrogens is 1030 g/mol. The van der Waals surface area contributed by atoms with Crippen LogP contribution in [0.4, 0.5) is 11.4 Å². The summed E-state index contributed by atoms with van der Waals surface area (Å²) in [7, 11) is -10.4. The van der Waals surface area contributed by atoms with Gasteiger partial charge in [0.25, 0.3) is 0 Å². The fourth-order valence-electron chi connectivity index (χ4n) is 4.42. The van der Waals surface area contributed by atoms with Crippen molar-refractivity contribution in [3.8, 4) is 28.7 Å². The number of rotatable bonds is 7. The third-order valence-electron chi connectivity index (χ3n) is 7.22. The topological polar surface area (TPSA) is 245 Å². The van der Waals surface area contributed by atoms with Gasteiger partial charge in [0.1, 0.15) is 38.7 Å². The van der Waals surface area contributed by atoms with Crippen molar-refractivity contribution in [3.05, 3.63) is 135 Å². The fourth-order valence-corrected chi connectivity index (χ4v) is 9.72. The highest BCUT2D eigenvalue weighted by Crippen LogP contribution is 2.44. The molecule has 0 fully saturated rings. The summed E-state index contributed by atoms with van der Waals surface area (Å²) in [6.07, 6.45) is 0. The van der Waals surface area contributed by atoms with Crippen LogP contribution in [0.2, 0.25) is 30.1 Å². The molecule has 0 amide bonds. The largest absolute Gasteiger partial charge is 0.507 e. The third kappa shape index (κ3) is 20.1. The Morgan fingerprint density at radius 2 is 0.889 bits per heavy atom. The van der Waals surface area contributed by atoms with Gasteiger partial charge in [-0.1, -0.05) is 75.7 Å². The number of aromatic hydroxyl groups is 4. The molecule has 0 aromatic heterocycles. The van der Waals surface area contributed by atoms with E-state index in [1.165, 1.54) is 88.5 Å². The zero-order valence-electron chi connectivity index (χ0n) is 34.5. The fraction of sp³-hybridized carbons (Fsp3) is 0.211. The van der Waals surface area contributed by atoms with Crippen molar-refractivity contribution < 1.29 is 53.1 Å². The molecule has 0 bridgehead atoms. The van der Waals surface area contributed by atoms with Crippen LogP contribution in [0.1, 0.15) is 0 Å². The Kier molecular flexibility index (Phi) is 22.1. The number of hydrogen-bond acceptors (Lipinski definition) is 13. The molecule has 0 radical (unpaired) electrons. The number of nitrogens with zero attached hydrogens (tertiary/aromatic N) is 2. The van der Waals surface area contributed by atoms with Gasteiger partial charge < -0.3 is 38.6 Å². The molecule has 0 aliphatic carbocycles. The van der Waals surface area contributed by atoms with Gasteiger partial charge in [-0.05, 0) is 107 Å². The Hall–Kier alpha value is -3.44. The number of nitro groups is 2. The first-order chi connectivity index (χ1) is 28.6. The van der Waals surface area contributed by atoms with Crippen LogP contribution in [0.25, 0.3) is 0 Å². The van der Waals surface area contributed by atoms with E-state index >= 15 is 0 Å².